The summed E-state index contributed by atoms with van der Waals surface area (Å²) in [5.74, 6) is 1.05. The topological polar surface area (TPSA) is 21.6 Å². The molecule has 0 amide bonds. The van der Waals surface area contributed by atoms with E-state index in [1.807, 2.05) is 6.92 Å². The van der Waals surface area contributed by atoms with Crippen LogP contribution in [0, 0.1) is 0 Å². The molecule has 3 heteroatoms. The van der Waals surface area contributed by atoms with Gasteiger partial charge >= 0.3 is 0 Å². The second-order valence-electron chi connectivity index (χ2n) is 1.23. The second kappa shape index (κ2) is 4.97. The fraction of sp³-hybridized carbons (Fsp3) is 0.800. The third-order valence-corrected chi connectivity index (χ3v) is 1.35. The number of hydrogen-bond acceptors (Lipinski definition) is 3. The van der Waals surface area contributed by atoms with Gasteiger partial charge in [-0.05, 0) is 12.7 Å². The van der Waals surface area contributed by atoms with E-state index >= 15 is 0 Å². The van der Waals surface area contributed by atoms with Crippen molar-refractivity contribution in [2.45, 2.75) is 13.8 Å². The molecule has 0 aliphatic rings. The zero-order valence-corrected chi connectivity index (χ0v) is 6.29. The Labute approximate surface area is 54.3 Å². The van der Waals surface area contributed by atoms with Crippen LogP contribution in [0.2, 0.25) is 0 Å². The second-order valence-corrected chi connectivity index (χ2v) is 2.68. The minimum atomic E-state index is 0.981. The molecule has 0 aromatic heterocycles. The lowest BCUT2D eigenvalue weighted by Crippen LogP contribution is -1.84. The molecule has 0 rings (SSSR count). The van der Waals surface area contributed by atoms with Gasteiger partial charge in [-0.1, -0.05) is 12.1 Å². The standard InChI is InChI=1S/C5H11NOS/c1-4-8-5(2)6-7-3/h4H2,1-3H3. The van der Waals surface area contributed by atoms with Crippen molar-refractivity contribution in [1.29, 1.82) is 0 Å². The van der Waals surface area contributed by atoms with Crippen LogP contribution in [-0.2, 0) is 4.84 Å². The Morgan fingerprint density at radius 3 is 2.75 bits per heavy atom. The average molecular weight is 133 g/mol. The summed E-state index contributed by atoms with van der Waals surface area (Å²) in [4.78, 5) is 4.52. The van der Waals surface area contributed by atoms with Crippen molar-refractivity contribution in [2.24, 2.45) is 5.16 Å². The summed E-state index contributed by atoms with van der Waals surface area (Å²) < 4.78 is 0. The van der Waals surface area contributed by atoms with Crippen molar-refractivity contribution in [1.82, 2.24) is 0 Å². The lowest BCUT2D eigenvalue weighted by molar-refractivity contribution is 0.214. The van der Waals surface area contributed by atoms with Gasteiger partial charge in [-0.3, -0.25) is 0 Å². The molecule has 2 nitrogen and oxygen atoms in total. The third-order valence-electron chi connectivity index (χ3n) is 0.573. The van der Waals surface area contributed by atoms with Crippen LogP contribution in [0.1, 0.15) is 13.8 Å². The third kappa shape index (κ3) is 3.99. The van der Waals surface area contributed by atoms with Crippen molar-refractivity contribution >= 4 is 16.8 Å². The maximum atomic E-state index is 4.52. The molecule has 0 spiro atoms. The van der Waals surface area contributed by atoms with Crippen LogP contribution in [-0.4, -0.2) is 17.9 Å². The first-order valence-corrected chi connectivity index (χ1v) is 3.50. The fourth-order valence-electron chi connectivity index (χ4n) is 0.364. The maximum Gasteiger partial charge on any atom is 0.109 e. The summed E-state index contributed by atoms with van der Waals surface area (Å²) >= 11 is 1.68. The zero-order valence-electron chi connectivity index (χ0n) is 5.47. The number of thioether (sulfide) groups is 1. The highest BCUT2D eigenvalue weighted by Crippen LogP contribution is 2.01. The summed E-state index contributed by atoms with van der Waals surface area (Å²) in [5.41, 5.74) is 0. The van der Waals surface area contributed by atoms with Gasteiger partial charge in [0.1, 0.15) is 12.2 Å². The number of nitrogens with zero attached hydrogens (tertiary/aromatic N) is 1. The van der Waals surface area contributed by atoms with E-state index in [0.29, 0.717) is 0 Å². The normalized spacial score (nSPS) is 11.6. The molecular formula is C5H11NOS. The first kappa shape index (κ1) is 7.82. The van der Waals surface area contributed by atoms with Gasteiger partial charge in [0.2, 0.25) is 0 Å². The molecule has 0 radical (unpaired) electrons. The van der Waals surface area contributed by atoms with Gasteiger partial charge in [0.25, 0.3) is 0 Å². The maximum absolute atomic E-state index is 4.52. The van der Waals surface area contributed by atoms with Gasteiger partial charge in [0.05, 0.1) is 0 Å². The molecule has 0 saturated carbocycles. The van der Waals surface area contributed by atoms with Crippen molar-refractivity contribution in [3.05, 3.63) is 0 Å². The lowest BCUT2D eigenvalue weighted by Gasteiger charge is -1.92. The summed E-state index contributed by atoms with van der Waals surface area (Å²) in [7, 11) is 1.56. The smallest absolute Gasteiger partial charge is 0.109 e. The summed E-state index contributed by atoms with van der Waals surface area (Å²) in [6.07, 6.45) is 0. The van der Waals surface area contributed by atoms with Crippen molar-refractivity contribution < 1.29 is 4.84 Å². The molecule has 0 fully saturated rings. The average Bonchev–Trinajstić information content (AvgIpc) is 1.68. The monoisotopic (exact) mass is 133 g/mol. The molecule has 0 saturated heterocycles. The van der Waals surface area contributed by atoms with E-state index in [1.54, 1.807) is 18.9 Å². The summed E-state index contributed by atoms with van der Waals surface area (Å²) in [6.45, 7) is 4.01. The van der Waals surface area contributed by atoms with Gasteiger partial charge in [0.15, 0.2) is 0 Å². The van der Waals surface area contributed by atoms with E-state index in [-0.39, 0.29) is 0 Å². The van der Waals surface area contributed by atoms with Crippen LogP contribution < -0.4 is 0 Å². The van der Waals surface area contributed by atoms with Crippen molar-refractivity contribution in [3.63, 3.8) is 0 Å². The first-order chi connectivity index (χ1) is 3.81. The molecule has 0 aromatic carbocycles. The molecule has 48 valence electrons. The van der Waals surface area contributed by atoms with Crippen LogP contribution in [0.15, 0.2) is 5.16 Å². The van der Waals surface area contributed by atoms with Crippen LogP contribution in [0.3, 0.4) is 0 Å². The SMILES string of the molecule is CCSC(C)=NOC. The predicted molar refractivity (Wildman–Crippen MR) is 38.3 cm³/mol. The number of hydrogen-bond donors (Lipinski definition) is 0. The van der Waals surface area contributed by atoms with E-state index in [4.69, 9.17) is 0 Å². The highest BCUT2D eigenvalue weighted by molar-refractivity contribution is 8.13. The largest absolute Gasteiger partial charge is 0.399 e. The molecule has 8 heavy (non-hydrogen) atoms. The van der Waals surface area contributed by atoms with Gasteiger partial charge in [-0.25, -0.2) is 0 Å². The molecule has 0 unspecified atom stereocenters. The molecular weight excluding hydrogens is 122 g/mol. The summed E-state index contributed by atoms with van der Waals surface area (Å²) in [6, 6.07) is 0. The minimum Gasteiger partial charge on any atom is -0.399 e. The Bertz CT molecular complexity index is 82.5. The van der Waals surface area contributed by atoms with Gasteiger partial charge in [-0.15, -0.1) is 11.8 Å². The Hall–Kier alpha value is -0.180. The zero-order chi connectivity index (χ0) is 6.41. The number of oxime groups is 1. The van der Waals surface area contributed by atoms with Crippen LogP contribution in [0.4, 0.5) is 0 Å². The Morgan fingerprint density at radius 1 is 1.75 bits per heavy atom. The van der Waals surface area contributed by atoms with Crippen molar-refractivity contribution in [3.8, 4) is 0 Å². The van der Waals surface area contributed by atoms with Crippen LogP contribution >= 0.6 is 11.8 Å². The molecule has 0 bridgehead atoms. The Kier molecular flexibility index (Phi) is 4.85. The lowest BCUT2D eigenvalue weighted by atomic mass is 10.9. The Morgan fingerprint density at radius 2 is 2.38 bits per heavy atom. The van der Waals surface area contributed by atoms with E-state index in [1.165, 1.54) is 0 Å². The Balaban J connectivity index is 3.29. The molecule has 0 aliphatic heterocycles. The minimum absolute atomic E-state index is 0.981. The predicted octanol–water partition coefficient (Wildman–Crippen LogP) is 1.72. The van der Waals surface area contributed by atoms with Gasteiger partial charge < -0.3 is 4.84 Å². The quantitative estimate of drug-likeness (QED) is 0.325. The molecule has 0 aromatic rings. The summed E-state index contributed by atoms with van der Waals surface area (Å²) in [5, 5.41) is 4.68. The molecule has 0 heterocycles. The van der Waals surface area contributed by atoms with Gasteiger partial charge in [0, 0.05) is 0 Å². The first-order valence-electron chi connectivity index (χ1n) is 2.51. The highest BCUT2D eigenvalue weighted by atomic mass is 32.2. The van der Waals surface area contributed by atoms with Crippen LogP contribution in [0.5, 0.6) is 0 Å². The fourth-order valence-corrected chi connectivity index (χ4v) is 0.909. The van der Waals surface area contributed by atoms with Gasteiger partial charge in [-0.2, -0.15) is 0 Å². The molecule has 0 N–H and O–H groups in total. The van der Waals surface area contributed by atoms with Crippen molar-refractivity contribution in [2.75, 3.05) is 12.9 Å². The van der Waals surface area contributed by atoms with E-state index in [0.717, 1.165) is 10.8 Å². The highest BCUT2D eigenvalue weighted by Gasteiger charge is 1.85. The van der Waals surface area contributed by atoms with E-state index < -0.39 is 0 Å². The molecule has 0 atom stereocenters. The molecule has 0 aliphatic carbocycles. The van der Waals surface area contributed by atoms with E-state index in [9.17, 15) is 0 Å². The number of rotatable bonds is 2. The van der Waals surface area contributed by atoms with Crippen LogP contribution in [0.25, 0.3) is 0 Å². The van der Waals surface area contributed by atoms with E-state index in [2.05, 4.69) is 16.9 Å².